The van der Waals surface area contributed by atoms with Crippen LogP contribution in [0.15, 0.2) is 71.9 Å². The van der Waals surface area contributed by atoms with E-state index in [1.54, 1.807) is 18.3 Å². The Balaban J connectivity index is 1.54. The molecule has 3 aromatic carbocycles. The number of ether oxygens (including phenoxy) is 1. The minimum Gasteiger partial charge on any atom is -0.488 e. The molecule has 0 unspecified atom stereocenters. The van der Waals surface area contributed by atoms with E-state index in [2.05, 4.69) is 46.8 Å². The normalized spacial score (nSPS) is 10.8. The number of oxime groups is 1. The van der Waals surface area contributed by atoms with E-state index in [1.807, 2.05) is 30.3 Å². The van der Waals surface area contributed by atoms with E-state index in [9.17, 15) is 10.1 Å². The average Bonchev–Trinajstić information content (AvgIpc) is 2.71. The maximum absolute atomic E-state index is 10.8. The second-order valence-electron chi connectivity index (χ2n) is 6.40. The van der Waals surface area contributed by atoms with Crippen molar-refractivity contribution in [2.24, 2.45) is 5.16 Å². The number of hydrogen-bond donors (Lipinski definition) is 0. The number of hydrogen-bond acceptors (Lipinski definition) is 5. The highest BCUT2D eigenvalue weighted by Gasteiger charge is 2.06. The Labute approximate surface area is 182 Å². The van der Waals surface area contributed by atoms with Crippen molar-refractivity contribution in [3.63, 3.8) is 0 Å². The van der Waals surface area contributed by atoms with Gasteiger partial charge in [-0.05, 0) is 64.4 Å². The number of nitro benzene ring substituents is 1. The standard InChI is InChI=1S/C22H19IN2O4/c1-16-4-2-5-18(10-16)14-28-22-9-8-17(12-21(22)23)13-24-29-15-19-6-3-7-20(11-19)25(26)27/h2-13H,14-15H2,1H3/b24-13-. The predicted octanol–water partition coefficient (Wildman–Crippen LogP) is 5.64. The quantitative estimate of drug-likeness (QED) is 0.173. The Hall–Kier alpha value is -2.94. The zero-order valence-electron chi connectivity index (χ0n) is 15.7. The van der Waals surface area contributed by atoms with E-state index in [1.165, 1.54) is 17.7 Å². The largest absolute Gasteiger partial charge is 0.488 e. The lowest BCUT2D eigenvalue weighted by atomic mass is 10.1. The van der Waals surface area contributed by atoms with Gasteiger partial charge in [-0.1, -0.05) is 47.1 Å². The molecule has 3 rings (SSSR count). The lowest BCUT2D eigenvalue weighted by Gasteiger charge is -2.09. The van der Waals surface area contributed by atoms with Gasteiger partial charge in [0.05, 0.1) is 14.7 Å². The monoisotopic (exact) mass is 502 g/mol. The Morgan fingerprint density at radius 1 is 1.03 bits per heavy atom. The van der Waals surface area contributed by atoms with Crippen LogP contribution in [0.5, 0.6) is 5.75 Å². The topological polar surface area (TPSA) is 74.0 Å². The van der Waals surface area contributed by atoms with Crippen LogP contribution in [0.4, 0.5) is 5.69 Å². The number of aryl methyl sites for hydroxylation is 1. The van der Waals surface area contributed by atoms with Crippen LogP contribution in [0.3, 0.4) is 0 Å². The van der Waals surface area contributed by atoms with E-state index < -0.39 is 4.92 Å². The Kier molecular flexibility index (Phi) is 7.18. The zero-order valence-corrected chi connectivity index (χ0v) is 17.9. The second kappa shape index (κ2) is 10.0. The van der Waals surface area contributed by atoms with Gasteiger partial charge in [-0.3, -0.25) is 10.1 Å². The predicted molar refractivity (Wildman–Crippen MR) is 120 cm³/mol. The van der Waals surface area contributed by atoms with Crippen LogP contribution in [0.1, 0.15) is 22.3 Å². The number of rotatable bonds is 8. The van der Waals surface area contributed by atoms with Crippen LogP contribution in [-0.4, -0.2) is 11.1 Å². The molecular weight excluding hydrogens is 483 g/mol. The highest BCUT2D eigenvalue weighted by Crippen LogP contribution is 2.23. The summed E-state index contributed by atoms with van der Waals surface area (Å²) < 4.78 is 6.88. The lowest BCUT2D eigenvalue weighted by molar-refractivity contribution is -0.384. The molecule has 0 aliphatic carbocycles. The van der Waals surface area contributed by atoms with Gasteiger partial charge in [0.2, 0.25) is 0 Å². The van der Waals surface area contributed by atoms with Gasteiger partial charge in [-0.15, -0.1) is 0 Å². The SMILES string of the molecule is Cc1cccc(COc2ccc(/C=N\OCc3cccc([N+](=O)[O-])c3)cc2I)c1. The van der Waals surface area contributed by atoms with E-state index in [-0.39, 0.29) is 12.3 Å². The first-order valence-corrected chi connectivity index (χ1v) is 9.96. The first-order valence-electron chi connectivity index (χ1n) is 8.88. The molecule has 0 saturated carbocycles. The molecule has 0 amide bonds. The van der Waals surface area contributed by atoms with Crippen LogP contribution >= 0.6 is 22.6 Å². The lowest BCUT2D eigenvalue weighted by Crippen LogP contribution is -1.98. The molecule has 0 spiro atoms. The van der Waals surface area contributed by atoms with Gasteiger partial charge in [0.15, 0.2) is 0 Å². The number of nitrogens with zero attached hydrogens (tertiary/aromatic N) is 2. The fraction of sp³-hybridized carbons (Fsp3) is 0.136. The highest BCUT2D eigenvalue weighted by molar-refractivity contribution is 14.1. The maximum atomic E-state index is 10.8. The second-order valence-corrected chi connectivity index (χ2v) is 7.56. The summed E-state index contributed by atoms with van der Waals surface area (Å²) in [6.07, 6.45) is 1.60. The third-order valence-corrected chi connectivity index (χ3v) is 4.90. The molecule has 29 heavy (non-hydrogen) atoms. The summed E-state index contributed by atoms with van der Waals surface area (Å²) in [5, 5.41) is 14.7. The molecule has 0 saturated heterocycles. The van der Waals surface area contributed by atoms with Crippen molar-refractivity contribution in [3.05, 3.63) is 103 Å². The number of benzene rings is 3. The molecule has 3 aromatic rings. The van der Waals surface area contributed by atoms with Crippen molar-refractivity contribution in [1.29, 1.82) is 0 Å². The molecule has 0 aliphatic heterocycles. The smallest absolute Gasteiger partial charge is 0.269 e. The van der Waals surface area contributed by atoms with Crippen molar-refractivity contribution in [2.45, 2.75) is 20.1 Å². The van der Waals surface area contributed by atoms with Gasteiger partial charge < -0.3 is 9.57 Å². The molecule has 0 heterocycles. The molecule has 0 fully saturated rings. The Morgan fingerprint density at radius 2 is 1.79 bits per heavy atom. The number of nitro groups is 1. The summed E-state index contributed by atoms with van der Waals surface area (Å²) >= 11 is 2.22. The molecule has 0 atom stereocenters. The van der Waals surface area contributed by atoms with Crippen molar-refractivity contribution < 1.29 is 14.5 Å². The van der Waals surface area contributed by atoms with E-state index in [4.69, 9.17) is 9.57 Å². The first-order chi connectivity index (χ1) is 14.0. The zero-order chi connectivity index (χ0) is 20.6. The Bertz CT molecular complexity index is 1040. The van der Waals surface area contributed by atoms with Crippen molar-refractivity contribution in [1.82, 2.24) is 0 Å². The van der Waals surface area contributed by atoms with E-state index in [0.717, 1.165) is 20.4 Å². The van der Waals surface area contributed by atoms with Gasteiger partial charge in [-0.2, -0.15) is 0 Å². The highest BCUT2D eigenvalue weighted by atomic mass is 127. The molecule has 148 valence electrons. The van der Waals surface area contributed by atoms with Crippen LogP contribution in [0, 0.1) is 20.6 Å². The van der Waals surface area contributed by atoms with E-state index in [0.29, 0.717) is 12.2 Å². The third-order valence-electron chi connectivity index (χ3n) is 4.06. The molecule has 0 aliphatic rings. The summed E-state index contributed by atoms with van der Waals surface area (Å²) in [7, 11) is 0. The molecular formula is C22H19IN2O4. The Morgan fingerprint density at radius 3 is 2.52 bits per heavy atom. The summed E-state index contributed by atoms with van der Waals surface area (Å²) in [6, 6.07) is 20.3. The molecule has 0 bridgehead atoms. The average molecular weight is 502 g/mol. The van der Waals surface area contributed by atoms with Gasteiger partial charge in [0, 0.05) is 12.1 Å². The number of halogens is 1. The number of non-ortho nitro benzene ring substituents is 1. The van der Waals surface area contributed by atoms with Crippen LogP contribution < -0.4 is 4.74 Å². The van der Waals surface area contributed by atoms with E-state index >= 15 is 0 Å². The molecule has 0 radical (unpaired) electrons. The minimum atomic E-state index is -0.433. The summed E-state index contributed by atoms with van der Waals surface area (Å²) in [4.78, 5) is 15.6. The fourth-order valence-electron chi connectivity index (χ4n) is 2.65. The van der Waals surface area contributed by atoms with Crippen molar-refractivity contribution in [3.8, 4) is 5.75 Å². The van der Waals surface area contributed by atoms with Gasteiger partial charge in [-0.25, -0.2) is 0 Å². The summed E-state index contributed by atoms with van der Waals surface area (Å²) in [6.45, 7) is 2.73. The summed E-state index contributed by atoms with van der Waals surface area (Å²) in [5.41, 5.74) is 3.92. The van der Waals surface area contributed by atoms with Gasteiger partial charge in [0.1, 0.15) is 19.0 Å². The molecule has 0 aromatic heterocycles. The summed E-state index contributed by atoms with van der Waals surface area (Å²) in [5.74, 6) is 0.807. The maximum Gasteiger partial charge on any atom is 0.269 e. The minimum absolute atomic E-state index is 0.0332. The van der Waals surface area contributed by atoms with Gasteiger partial charge >= 0.3 is 0 Å². The van der Waals surface area contributed by atoms with Crippen LogP contribution in [-0.2, 0) is 18.1 Å². The third kappa shape index (κ3) is 6.28. The first kappa shape index (κ1) is 20.8. The molecule has 6 nitrogen and oxygen atoms in total. The fourth-order valence-corrected chi connectivity index (χ4v) is 3.34. The van der Waals surface area contributed by atoms with Crippen LogP contribution in [0.2, 0.25) is 0 Å². The van der Waals surface area contributed by atoms with Crippen molar-refractivity contribution >= 4 is 34.5 Å². The van der Waals surface area contributed by atoms with Gasteiger partial charge in [0.25, 0.3) is 5.69 Å². The molecule has 0 N–H and O–H groups in total. The van der Waals surface area contributed by atoms with Crippen molar-refractivity contribution in [2.75, 3.05) is 0 Å². The molecule has 7 heteroatoms. The van der Waals surface area contributed by atoms with Crippen LogP contribution in [0.25, 0.3) is 0 Å².